The van der Waals surface area contributed by atoms with Gasteiger partial charge in [0.25, 0.3) is 5.91 Å². The van der Waals surface area contributed by atoms with Crippen molar-refractivity contribution in [1.82, 2.24) is 9.78 Å². The van der Waals surface area contributed by atoms with Crippen LogP contribution in [0.15, 0.2) is 60.7 Å². The number of nitrogens with one attached hydrogen (secondary N) is 1. The first kappa shape index (κ1) is 21.2. The Bertz CT molecular complexity index is 1510. The molecule has 0 saturated heterocycles. The molecule has 168 valence electrons. The Morgan fingerprint density at radius 3 is 2.58 bits per heavy atom. The van der Waals surface area contributed by atoms with Gasteiger partial charge in [-0.05, 0) is 60.0 Å². The fourth-order valence-corrected chi connectivity index (χ4v) is 5.48. The van der Waals surface area contributed by atoms with Gasteiger partial charge < -0.3 is 10.1 Å². The zero-order valence-corrected chi connectivity index (χ0v) is 19.1. The van der Waals surface area contributed by atoms with Crippen LogP contribution >= 0.6 is 0 Å². The number of amides is 1. The van der Waals surface area contributed by atoms with Crippen LogP contribution in [0.3, 0.4) is 0 Å². The monoisotopic (exact) mass is 461 g/mol. The van der Waals surface area contributed by atoms with E-state index >= 15 is 0 Å². The van der Waals surface area contributed by atoms with Gasteiger partial charge in [0.1, 0.15) is 11.6 Å². The van der Waals surface area contributed by atoms with Gasteiger partial charge >= 0.3 is 0 Å². The van der Waals surface area contributed by atoms with Gasteiger partial charge in [-0.3, -0.25) is 4.79 Å². The van der Waals surface area contributed by atoms with Gasteiger partial charge in [0.2, 0.25) is 0 Å². The van der Waals surface area contributed by atoms with Crippen LogP contribution in [0.25, 0.3) is 16.5 Å². The van der Waals surface area contributed by atoms with Crippen molar-refractivity contribution in [2.45, 2.75) is 25.4 Å². The summed E-state index contributed by atoms with van der Waals surface area (Å²) in [5, 5.41) is 9.46. The summed E-state index contributed by atoms with van der Waals surface area (Å²) in [5.74, 6) is 0.298. The Labute approximate surface area is 191 Å². The molecule has 0 unspecified atom stereocenters. The topological polar surface area (TPSA) is 90.3 Å². The molecule has 1 aliphatic heterocycles. The minimum absolute atomic E-state index is 0.128. The highest BCUT2D eigenvalue weighted by Crippen LogP contribution is 2.33. The van der Waals surface area contributed by atoms with Gasteiger partial charge in [0, 0.05) is 5.56 Å². The van der Waals surface area contributed by atoms with Crippen molar-refractivity contribution < 1.29 is 17.9 Å². The smallest absolute Gasteiger partial charge is 0.263 e. The zero-order valence-electron chi connectivity index (χ0n) is 18.3. The lowest BCUT2D eigenvalue weighted by atomic mass is 10.1. The first-order valence-electron chi connectivity index (χ1n) is 10.6. The van der Waals surface area contributed by atoms with Gasteiger partial charge in [-0.1, -0.05) is 36.4 Å². The second kappa shape index (κ2) is 8.04. The molecular weight excluding hydrogens is 438 g/mol. The van der Waals surface area contributed by atoms with Crippen molar-refractivity contribution in [3.8, 4) is 11.4 Å². The summed E-state index contributed by atoms with van der Waals surface area (Å²) < 4.78 is 31.6. The third-order valence-corrected chi connectivity index (χ3v) is 7.31. The zero-order chi connectivity index (χ0) is 23.2. The van der Waals surface area contributed by atoms with Crippen LogP contribution in [-0.4, -0.2) is 30.7 Å². The Balaban J connectivity index is 1.40. The summed E-state index contributed by atoms with van der Waals surface area (Å²) >= 11 is 0. The van der Waals surface area contributed by atoms with Crippen LogP contribution in [0.1, 0.15) is 22.4 Å². The number of benzene rings is 3. The number of hydrogen-bond donors (Lipinski definition) is 1. The molecule has 0 atom stereocenters. The fourth-order valence-electron chi connectivity index (χ4n) is 3.99. The molecule has 33 heavy (non-hydrogen) atoms. The summed E-state index contributed by atoms with van der Waals surface area (Å²) in [6.07, 6.45) is 0. The molecule has 8 heteroatoms. The van der Waals surface area contributed by atoms with Gasteiger partial charge in [-0.15, -0.1) is 0 Å². The Morgan fingerprint density at radius 2 is 1.79 bits per heavy atom. The summed E-state index contributed by atoms with van der Waals surface area (Å²) in [4.78, 5) is 12.8. The van der Waals surface area contributed by atoms with E-state index in [-0.39, 0.29) is 24.0 Å². The number of fused-ring (bicyclic) bond motifs is 2. The second-order valence-electron chi connectivity index (χ2n) is 8.33. The summed E-state index contributed by atoms with van der Waals surface area (Å²) in [5.41, 5.74) is 3.98. The van der Waals surface area contributed by atoms with E-state index in [4.69, 9.17) is 4.74 Å². The van der Waals surface area contributed by atoms with E-state index < -0.39 is 9.84 Å². The molecule has 0 saturated carbocycles. The van der Waals surface area contributed by atoms with Crippen LogP contribution in [0.5, 0.6) is 5.75 Å². The maximum atomic E-state index is 12.8. The van der Waals surface area contributed by atoms with Crippen LogP contribution in [-0.2, 0) is 26.1 Å². The Hall–Kier alpha value is -3.65. The lowest BCUT2D eigenvalue weighted by molar-refractivity contribution is -0.118. The molecule has 7 nitrogen and oxygen atoms in total. The number of carbonyl (C=O) groups is 1. The quantitative estimate of drug-likeness (QED) is 0.484. The molecule has 0 bridgehead atoms. The average Bonchev–Trinajstić information content (AvgIpc) is 3.26. The van der Waals surface area contributed by atoms with E-state index in [0.29, 0.717) is 22.8 Å². The largest absolute Gasteiger partial charge is 0.484 e. The number of anilines is 1. The van der Waals surface area contributed by atoms with E-state index in [1.807, 2.05) is 74.5 Å². The van der Waals surface area contributed by atoms with Crippen molar-refractivity contribution in [3.05, 3.63) is 83.0 Å². The molecule has 1 amide bonds. The number of nitrogens with zero attached hydrogens (tertiary/aromatic N) is 2. The van der Waals surface area contributed by atoms with E-state index in [9.17, 15) is 13.2 Å². The highest BCUT2D eigenvalue weighted by molar-refractivity contribution is 7.90. The van der Waals surface area contributed by atoms with Crippen molar-refractivity contribution >= 4 is 32.3 Å². The van der Waals surface area contributed by atoms with Gasteiger partial charge in [0.15, 0.2) is 16.4 Å². The molecule has 1 aliphatic rings. The summed E-state index contributed by atoms with van der Waals surface area (Å²) in [6.45, 7) is 3.80. The normalized spacial score (nSPS) is 14.2. The highest BCUT2D eigenvalue weighted by atomic mass is 32.2. The Kier molecular flexibility index (Phi) is 5.17. The van der Waals surface area contributed by atoms with Gasteiger partial charge in [-0.25, -0.2) is 13.1 Å². The van der Waals surface area contributed by atoms with E-state index in [2.05, 4.69) is 10.4 Å². The Morgan fingerprint density at radius 1 is 1.00 bits per heavy atom. The standard InChI is InChI=1S/C25H23N3O4S/c1-16-7-9-20(11-17(16)2)28-25(22-14-33(30,31)15-23(22)27-28)26-24(29)13-32-21-10-8-18-5-3-4-6-19(18)12-21/h3-12H,13-15H2,1-2H3,(H,26,29). The molecule has 1 N–H and O–H groups in total. The third kappa shape index (κ3) is 4.21. The SMILES string of the molecule is Cc1ccc(-n2nc3c(c2NC(=O)COc2ccc4ccccc4c2)CS(=O)(=O)C3)cc1C. The summed E-state index contributed by atoms with van der Waals surface area (Å²) in [7, 11) is -3.27. The third-order valence-electron chi connectivity index (χ3n) is 5.87. The maximum Gasteiger partial charge on any atom is 0.263 e. The van der Waals surface area contributed by atoms with Crippen molar-refractivity contribution in [2.24, 2.45) is 0 Å². The van der Waals surface area contributed by atoms with Crippen LogP contribution in [0.4, 0.5) is 5.82 Å². The van der Waals surface area contributed by atoms with Crippen molar-refractivity contribution in [2.75, 3.05) is 11.9 Å². The molecule has 0 radical (unpaired) electrons. The molecular formula is C25H23N3O4S. The fraction of sp³-hybridized carbons (Fsp3) is 0.200. The maximum absolute atomic E-state index is 12.8. The second-order valence-corrected chi connectivity index (χ2v) is 10.4. The number of ether oxygens (including phenoxy) is 1. The molecule has 0 fully saturated rings. The number of rotatable bonds is 5. The first-order valence-corrected chi connectivity index (χ1v) is 12.4. The molecule has 0 aliphatic carbocycles. The summed E-state index contributed by atoms with van der Waals surface area (Å²) in [6, 6.07) is 19.4. The predicted molar refractivity (Wildman–Crippen MR) is 127 cm³/mol. The number of aromatic nitrogens is 2. The average molecular weight is 462 g/mol. The predicted octanol–water partition coefficient (Wildman–Crippen LogP) is 4.09. The highest BCUT2D eigenvalue weighted by Gasteiger charge is 2.33. The van der Waals surface area contributed by atoms with Gasteiger partial charge in [-0.2, -0.15) is 5.10 Å². The first-order chi connectivity index (χ1) is 15.8. The number of sulfone groups is 1. The van der Waals surface area contributed by atoms with Crippen LogP contribution < -0.4 is 10.1 Å². The van der Waals surface area contributed by atoms with Crippen molar-refractivity contribution in [3.63, 3.8) is 0 Å². The molecule has 2 heterocycles. The van der Waals surface area contributed by atoms with Crippen molar-refractivity contribution in [1.29, 1.82) is 0 Å². The lowest BCUT2D eigenvalue weighted by Gasteiger charge is -2.13. The number of carbonyl (C=O) groups excluding carboxylic acids is 1. The number of hydrogen-bond acceptors (Lipinski definition) is 5. The molecule has 4 aromatic rings. The molecule has 5 rings (SSSR count). The minimum Gasteiger partial charge on any atom is -0.484 e. The van der Waals surface area contributed by atoms with E-state index in [0.717, 1.165) is 27.6 Å². The van der Waals surface area contributed by atoms with Crippen LogP contribution in [0.2, 0.25) is 0 Å². The molecule has 3 aromatic carbocycles. The number of aryl methyl sites for hydroxylation is 2. The molecule has 1 aromatic heterocycles. The lowest BCUT2D eigenvalue weighted by Crippen LogP contribution is -2.23. The van der Waals surface area contributed by atoms with Gasteiger partial charge in [0.05, 0.1) is 22.9 Å². The molecule has 0 spiro atoms. The van der Waals surface area contributed by atoms with E-state index in [1.54, 1.807) is 4.68 Å². The van der Waals surface area contributed by atoms with Crippen LogP contribution in [0, 0.1) is 13.8 Å². The van der Waals surface area contributed by atoms with E-state index in [1.165, 1.54) is 0 Å². The minimum atomic E-state index is -3.27.